The van der Waals surface area contributed by atoms with Crippen molar-refractivity contribution in [1.29, 1.82) is 0 Å². The lowest BCUT2D eigenvalue weighted by Gasteiger charge is -2.58. The van der Waals surface area contributed by atoms with Crippen LogP contribution >= 0.6 is 0 Å². The highest BCUT2D eigenvalue weighted by atomic mass is 16.1. The first-order valence-electron chi connectivity index (χ1n) is 10.3. The fourth-order valence-corrected chi connectivity index (χ4v) is 7.96. The molecule has 0 bridgehead atoms. The van der Waals surface area contributed by atoms with E-state index in [4.69, 9.17) is 6.42 Å². The van der Waals surface area contributed by atoms with Gasteiger partial charge in [-0.2, -0.15) is 0 Å². The Morgan fingerprint density at radius 1 is 1.12 bits per heavy atom. The molecule has 0 aliphatic heterocycles. The van der Waals surface area contributed by atoms with E-state index in [1.54, 1.807) is 6.92 Å². The first-order valence-corrected chi connectivity index (χ1v) is 10.3. The molecule has 136 valence electrons. The molecule has 0 heterocycles. The minimum absolute atomic E-state index is 0.0220. The summed E-state index contributed by atoms with van der Waals surface area (Å²) < 4.78 is 0. The summed E-state index contributed by atoms with van der Waals surface area (Å²) in [6.07, 6.45) is 14.2. The number of hydrogen-bond acceptors (Lipinski definition) is 2. The number of rotatable bonds is 1. The molecule has 0 aromatic heterocycles. The van der Waals surface area contributed by atoms with Crippen LogP contribution in [0.4, 0.5) is 0 Å². The summed E-state index contributed by atoms with van der Waals surface area (Å²) in [7, 11) is 0. The Morgan fingerprint density at radius 3 is 2.52 bits per heavy atom. The molecule has 0 aromatic carbocycles. The van der Waals surface area contributed by atoms with Crippen LogP contribution in [0, 0.1) is 58.7 Å². The molecule has 4 fully saturated rings. The Balaban J connectivity index is 1.67. The van der Waals surface area contributed by atoms with Gasteiger partial charge in [-0.3, -0.25) is 9.59 Å². The molecule has 0 radical (unpaired) electrons. The summed E-state index contributed by atoms with van der Waals surface area (Å²) in [5.74, 6) is 7.71. The molecule has 0 amide bonds. The van der Waals surface area contributed by atoms with Gasteiger partial charge in [0, 0.05) is 12.8 Å². The van der Waals surface area contributed by atoms with Gasteiger partial charge in [0.2, 0.25) is 0 Å². The molecule has 0 unspecified atom stereocenters. The van der Waals surface area contributed by atoms with Crippen LogP contribution in [0.1, 0.15) is 72.1 Å². The SMILES string of the molecule is C#C[C@]1(C(C)=O)CC[C@H]2[C@@H]3C[C@H](C)[C@H]4CC(=O)CC[C@@H]4[C@H]3CC[C@@]21C. The zero-order valence-electron chi connectivity index (χ0n) is 16.0. The van der Waals surface area contributed by atoms with Crippen LogP contribution in [0.3, 0.4) is 0 Å². The smallest absolute Gasteiger partial charge is 0.148 e. The quantitative estimate of drug-likeness (QED) is 0.650. The fourth-order valence-electron chi connectivity index (χ4n) is 7.96. The number of fused-ring (bicyclic) bond motifs is 5. The van der Waals surface area contributed by atoms with Crippen LogP contribution in [-0.4, -0.2) is 11.6 Å². The van der Waals surface area contributed by atoms with Crippen molar-refractivity contribution in [3.05, 3.63) is 0 Å². The zero-order valence-corrected chi connectivity index (χ0v) is 16.0. The maximum absolute atomic E-state index is 12.6. The van der Waals surface area contributed by atoms with Crippen LogP contribution in [-0.2, 0) is 9.59 Å². The van der Waals surface area contributed by atoms with E-state index >= 15 is 0 Å². The molecule has 4 saturated carbocycles. The van der Waals surface area contributed by atoms with Crippen LogP contribution in [0.25, 0.3) is 0 Å². The van der Waals surface area contributed by atoms with Crippen LogP contribution < -0.4 is 0 Å². The molecule has 2 heteroatoms. The van der Waals surface area contributed by atoms with Crippen molar-refractivity contribution < 1.29 is 9.59 Å². The topological polar surface area (TPSA) is 34.1 Å². The predicted molar refractivity (Wildman–Crippen MR) is 98.6 cm³/mol. The van der Waals surface area contributed by atoms with Gasteiger partial charge in [-0.05, 0) is 86.4 Å². The van der Waals surface area contributed by atoms with Crippen molar-refractivity contribution in [2.45, 2.75) is 72.1 Å². The van der Waals surface area contributed by atoms with E-state index in [-0.39, 0.29) is 11.2 Å². The first-order chi connectivity index (χ1) is 11.8. The number of carbonyl (C=O) groups is 2. The first kappa shape index (κ1) is 17.3. The van der Waals surface area contributed by atoms with Crippen molar-refractivity contribution >= 4 is 11.6 Å². The highest BCUT2D eigenvalue weighted by Crippen LogP contribution is 2.68. The summed E-state index contributed by atoms with van der Waals surface area (Å²) in [5, 5.41) is 0. The van der Waals surface area contributed by atoms with Crippen LogP contribution in [0.2, 0.25) is 0 Å². The average Bonchev–Trinajstić information content (AvgIpc) is 2.89. The maximum atomic E-state index is 12.6. The standard InChI is InChI=1S/C23H32O2/c1-5-23(15(3)24)11-9-21-20-12-14(2)19-13-16(25)6-7-17(19)18(20)8-10-22(21,23)4/h1,14,17-21H,6-13H2,2-4H3/t14-,17+,18+,19+,20+,21-,22-,23+/m0/s1. The molecule has 4 rings (SSSR count). The van der Waals surface area contributed by atoms with Gasteiger partial charge in [0.25, 0.3) is 0 Å². The zero-order chi connectivity index (χ0) is 18.0. The van der Waals surface area contributed by atoms with Gasteiger partial charge in [-0.1, -0.05) is 19.8 Å². The normalized spacial score (nSPS) is 51.8. The lowest BCUT2D eigenvalue weighted by molar-refractivity contribution is -0.140. The fraction of sp³-hybridized carbons (Fsp3) is 0.826. The van der Waals surface area contributed by atoms with Gasteiger partial charge in [-0.15, -0.1) is 6.42 Å². The molecule has 0 N–H and O–H groups in total. The minimum Gasteiger partial charge on any atom is -0.300 e. The van der Waals surface area contributed by atoms with Gasteiger partial charge in [0.05, 0.1) is 5.41 Å². The summed E-state index contributed by atoms with van der Waals surface area (Å²) in [4.78, 5) is 24.6. The summed E-state index contributed by atoms with van der Waals surface area (Å²) >= 11 is 0. The largest absolute Gasteiger partial charge is 0.300 e. The van der Waals surface area contributed by atoms with Gasteiger partial charge in [0.15, 0.2) is 0 Å². The van der Waals surface area contributed by atoms with E-state index in [1.165, 1.54) is 12.8 Å². The Hall–Kier alpha value is -1.10. The molecule has 0 spiro atoms. The number of ketones is 2. The van der Waals surface area contributed by atoms with Crippen LogP contribution in [0.15, 0.2) is 0 Å². The van der Waals surface area contributed by atoms with Crippen molar-refractivity contribution in [2.75, 3.05) is 0 Å². The molecular weight excluding hydrogens is 308 g/mol. The lowest BCUT2D eigenvalue weighted by Crippen LogP contribution is -2.54. The second-order valence-electron chi connectivity index (χ2n) is 9.86. The molecule has 8 atom stereocenters. The van der Waals surface area contributed by atoms with Gasteiger partial charge in [-0.25, -0.2) is 0 Å². The second kappa shape index (κ2) is 5.70. The molecule has 0 aromatic rings. The third-order valence-corrected chi connectivity index (χ3v) is 9.23. The van der Waals surface area contributed by atoms with E-state index in [1.807, 2.05) is 0 Å². The van der Waals surface area contributed by atoms with Gasteiger partial charge in [0.1, 0.15) is 11.6 Å². The van der Waals surface area contributed by atoms with E-state index < -0.39 is 5.41 Å². The summed E-state index contributed by atoms with van der Waals surface area (Å²) in [5.41, 5.74) is -0.558. The number of carbonyl (C=O) groups excluding carboxylic acids is 2. The Labute approximate surface area is 152 Å². The third kappa shape index (κ3) is 2.17. The monoisotopic (exact) mass is 340 g/mol. The van der Waals surface area contributed by atoms with E-state index in [0.29, 0.717) is 29.5 Å². The lowest BCUT2D eigenvalue weighted by atomic mass is 9.46. The molecule has 25 heavy (non-hydrogen) atoms. The molecular formula is C23H32O2. The van der Waals surface area contributed by atoms with Crippen molar-refractivity contribution in [2.24, 2.45) is 46.3 Å². The van der Waals surface area contributed by atoms with E-state index in [9.17, 15) is 9.59 Å². The number of terminal acetylenes is 1. The third-order valence-electron chi connectivity index (χ3n) is 9.23. The molecule has 4 aliphatic rings. The van der Waals surface area contributed by atoms with Gasteiger partial charge >= 0.3 is 0 Å². The highest BCUT2D eigenvalue weighted by Gasteiger charge is 2.64. The van der Waals surface area contributed by atoms with Crippen LogP contribution in [0.5, 0.6) is 0 Å². The minimum atomic E-state index is -0.536. The molecule has 4 aliphatic carbocycles. The number of Topliss-reactive ketones (excluding diaryl/α,β-unsaturated/α-hetero) is 2. The Bertz CT molecular complexity index is 643. The predicted octanol–water partition coefficient (Wildman–Crippen LogP) is 4.66. The summed E-state index contributed by atoms with van der Waals surface area (Å²) in [6.45, 7) is 6.40. The molecule has 2 nitrogen and oxygen atoms in total. The van der Waals surface area contributed by atoms with Crippen molar-refractivity contribution in [3.8, 4) is 12.3 Å². The Kier molecular flexibility index (Phi) is 3.95. The summed E-state index contributed by atoms with van der Waals surface area (Å²) in [6, 6.07) is 0. The Morgan fingerprint density at radius 2 is 1.84 bits per heavy atom. The second-order valence-corrected chi connectivity index (χ2v) is 9.86. The average molecular weight is 341 g/mol. The molecule has 0 saturated heterocycles. The number of hydrogen-bond donors (Lipinski definition) is 0. The van der Waals surface area contributed by atoms with Crippen molar-refractivity contribution in [1.82, 2.24) is 0 Å². The maximum Gasteiger partial charge on any atom is 0.148 e. The van der Waals surface area contributed by atoms with Gasteiger partial charge < -0.3 is 0 Å². The highest BCUT2D eigenvalue weighted by molar-refractivity contribution is 5.87. The van der Waals surface area contributed by atoms with E-state index in [2.05, 4.69) is 19.8 Å². The van der Waals surface area contributed by atoms with E-state index in [0.717, 1.165) is 50.4 Å². The van der Waals surface area contributed by atoms with Crippen molar-refractivity contribution in [3.63, 3.8) is 0 Å².